The second-order valence-electron chi connectivity index (χ2n) is 5.09. The average Bonchev–Trinajstić information content (AvgIpc) is 2.47. The van der Waals surface area contributed by atoms with E-state index in [1.807, 2.05) is 12.1 Å². The fourth-order valence-corrected chi connectivity index (χ4v) is 3.96. The zero-order valence-corrected chi connectivity index (χ0v) is 16.3. The number of nitrogens with zero attached hydrogens (tertiary/aromatic N) is 2. The molecule has 1 heterocycles. The molecule has 6 heteroatoms. The number of phenols is 1. The van der Waals surface area contributed by atoms with Crippen LogP contribution in [-0.4, -0.2) is 15.1 Å². The van der Waals surface area contributed by atoms with Gasteiger partial charge in [-0.3, -0.25) is 0 Å². The van der Waals surface area contributed by atoms with E-state index in [4.69, 9.17) is 0 Å². The molecule has 0 aliphatic rings. The smallest absolute Gasteiger partial charge is 0.142 e. The lowest BCUT2D eigenvalue weighted by atomic mass is 10.1. The molecule has 0 atom stereocenters. The van der Waals surface area contributed by atoms with Gasteiger partial charge in [-0.1, -0.05) is 0 Å². The van der Waals surface area contributed by atoms with Crippen LogP contribution in [0.3, 0.4) is 0 Å². The number of nitrogens with one attached hydrogen (secondary N) is 1. The van der Waals surface area contributed by atoms with Crippen molar-refractivity contribution in [2.45, 2.75) is 13.8 Å². The molecule has 1 aromatic heterocycles. The number of aryl methyl sites for hydroxylation is 2. The van der Waals surface area contributed by atoms with Gasteiger partial charge < -0.3 is 10.4 Å². The van der Waals surface area contributed by atoms with E-state index in [1.165, 1.54) is 11.1 Å². The lowest BCUT2D eigenvalue weighted by Crippen LogP contribution is -1.98. The molecular formula is C16H13I2N3O. The highest BCUT2D eigenvalue weighted by molar-refractivity contribution is 14.1. The third kappa shape index (κ3) is 2.98. The van der Waals surface area contributed by atoms with Crippen LogP contribution in [0.25, 0.3) is 10.9 Å². The molecule has 0 unspecified atom stereocenters. The third-order valence-corrected chi connectivity index (χ3v) is 5.18. The number of hydrogen-bond acceptors (Lipinski definition) is 4. The topological polar surface area (TPSA) is 58.0 Å². The number of hydrogen-bond donors (Lipinski definition) is 2. The second kappa shape index (κ2) is 6.15. The molecule has 0 bridgehead atoms. The van der Waals surface area contributed by atoms with Gasteiger partial charge in [0.1, 0.15) is 17.9 Å². The molecule has 4 nitrogen and oxygen atoms in total. The summed E-state index contributed by atoms with van der Waals surface area (Å²) in [5, 5.41) is 14.2. The van der Waals surface area contributed by atoms with Crippen LogP contribution in [-0.2, 0) is 0 Å². The molecule has 112 valence electrons. The first-order valence-electron chi connectivity index (χ1n) is 6.62. The van der Waals surface area contributed by atoms with Crippen molar-refractivity contribution in [3.63, 3.8) is 0 Å². The summed E-state index contributed by atoms with van der Waals surface area (Å²) in [6.45, 7) is 4.16. The molecule has 2 aromatic carbocycles. The summed E-state index contributed by atoms with van der Waals surface area (Å²) in [6.07, 6.45) is 1.57. The molecule has 22 heavy (non-hydrogen) atoms. The normalized spacial score (nSPS) is 10.9. The molecule has 0 spiro atoms. The molecule has 0 aliphatic carbocycles. The molecule has 0 aliphatic heterocycles. The molecule has 0 amide bonds. The highest BCUT2D eigenvalue weighted by atomic mass is 127. The minimum atomic E-state index is 0.311. The van der Waals surface area contributed by atoms with Gasteiger partial charge in [0.05, 0.1) is 12.7 Å². The van der Waals surface area contributed by atoms with Crippen molar-refractivity contribution in [3.8, 4) is 5.75 Å². The van der Waals surface area contributed by atoms with Crippen molar-refractivity contribution < 1.29 is 5.11 Å². The van der Waals surface area contributed by atoms with E-state index in [2.05, 4.69) is 86.4 Å². The number of rotatable bonds is 2. The van der Waals surface area contributed by atoms with Gasteiger partial charge in [-0.15, -0.1) is 0 Å². The SMILES string of the molecule is Cc1cc2ncnc(Nc3cc(I)c(O)c(I)c3)c2cc1C. The molecule has 0 fully saturated rings. The molecule has 3 rings (SSSR count). The maximum atomic E-state index is 9.87. The average molecular weight is 517 g/mol. The van der Waals surface area contributed by atoms with Crippen molar-refractivity contribution in [3.05, 3.63) is 48.9 Å². The minimum Gasteiger partial charge on any atom is -0.506 e. The Bertz CT molecular complexity index is 858. The number of halogens is 2. The van der Waals surface area contributed by atoms with E-state index < -0.39 is 0 Å². The predicted molar refractivity (Wildman–Crippen MR) is 106 cm³/mol. The summed E-state index contributed by atoms with van der Waals surface area (Å²) in [4.78, 5) is 8.71. The summed E-state index contributed by atoms with van der Waals surface area (Å²) in [6, 6.07) is 7.96. The van der Waals surface area contributed by atoms with Gasteiger partial charge >= 0.3 is 0 Å². The number of aromatic hydroxyl groups is 1. The standard InChI is InChI=1S/C16H13I2N3O/c1-8-3-11-14(4-9(8)2)19-7-20-16(11)21-10-5-12(17)15(22)13(18)6-10/h3-7,22H,1-2H3,(H,19,20,21). The molecular weight excluding hydrogens is 504 g/mol. The van der Waals surface area contributed by atoms with Crippen LogP contribution < -0.4 is 5.32 Å². The van der Waals surface area contributed by atoms with E-state index in [0.29, 0.717) is 5.75 Å². The number of fused-ring (bicyclic) bond motifs is 1. The van der Waals surface area contributed by atoms with E-state index in [9.17, 15) is 5.11 Å². The Balaban J connectivity index is 2.09. The summed E-state index contributed by atoms with van der Waals surface area (Å²) < 4.78 is 1.61. The van der Waals surface area contributed by atoms with Crippen LogP contribution >= 0.6 is 45.2 Å². The number of benzene rings is 2. The maximum Gasteiger partial charge on any atom is 0.142 e. The van der Waals surface area contributed by atoms with E-state index in [1.54, 1.807) is 6.33 Å². The quantitative estimate of drug-likeness (QED) is 0.375. The summed E-state index contributed by atoms with van der Waals surface area (Å²) in [5.74, 6) is 1.08. The minimum absolute atomic E-state index is 0.311. The first-order chi connectivity index (χ1) is 10.5. The van der Waals surface area contributed by atoms with Crippen molar-refractivity contribution in [2.75, 3.05) is 5.32 Å². The first-order valence-corrected chi connectivity index (χ1v) is 8.78. The lowest BCUT2D eigenvalue weighted by Gasteiger charge is -2.11. The van der Waals surface area contributed by atoms with Gasteiger partial charge in [0.2, 0.25) is 0 Å². The largest absolute Gasteiger partial charge is 0.506 e. The number of anilines is 2. The summed E-state index contributed by atoms with van der Waals surface area (Å²) in [7, 11) is 0. The number of phenolic OH excluding ortho intramolecular Hbond substituents is 1. The van der Waals surface area contributed by atoms with Crippen molar-refractivity contribution >= 4 is 67.6 Å². The monoisotopic (exact) mass is 517 g/mol. The maximum absolute atomic E-state index is 9.87. The predicted octanol–water partition coefficient (Wildman–Crippen LogP) is 4.91. The fraction of sp³-hybridized carbons (Fsp3) is 0.125. The Morgan fingerprint density at radius 3 is 2.27 bits per heavy atom. The highest BCUT2D eigenvalue weighted by Crippen LogP contribution is 2.32. The zero-order valence-electron chi connectivity index (χ0n) is 12.0. The fourth-order valence-electron chi connectivity index (χ4n) is 2.19. The summed E-state index contributed by atoms with van der Waals surface area (Å²) >= 11 is 4.24. The Labute approximate surface area is 155 Å². The Kier molecular flexibility index (Phi) is 4.40. The van der Waals surface area contributed by atoms with Crippen LogP contribution in [0.5, 0.6) is 5.75 Å². The Morgan fingerprint density at radius 1 is 0.955 bits per heavy atom. The highest BCUT2D eigenvalue weighted by Gasteiger charge is 2.09. The van der Waals surface area contributed by atoms with Crippen molar-refractivity contribution in [2.24, 2.45) is 0 Å². The first kappa shape index (κ1) is 15.7. The van der Waals surface area contributed by atoms with Gasteiger partial charge in [0.15, 0.2) is 0 Å². The third-order valence-electron chi connectivity index (χ3n) is 3.53. The Morgan fingerprint density at radius 2 is 1.59 bits per heavy atom. The Hall–Kier alpha value is -1.16. The van der Waals surface area contributed by atoms with Crippen molar-refractivity contribution in [1.82, 2.24) is 9.97 Å². The van der Waals surface area contributed by atoms with Gasteiger partial charge in [-0.25, -0.2) is 9.97 Å². The van der Waals surface area contributed by atoms with Gasteiger partial charge in [-0.05, 0) is 94.4 Å². The van der Waals surface area contributed by atoms with E-state index >= 15 is 0 Å². The van der Waals surface area contributed by atoms with Crippen molar-refractivity contribution in [1.29, 1.82) is 0 Å². The van der Waals surface area contributed by atoms with Gasteiger partial charge in [-0.2, -0.15) is 0 Å². The van der Waals surface area contributed by atoms with Crippen LogP contribution in [0.2, 0.25) is 0 Å². The van der Waals surface area contributed by atoms with E-state index in [0.717, 1.165) is 29.5 Å². The molecule has 2 N–H and O–H groups in total. The van der Waals surface area contributed by atoms with Gasteiger partial charge in [0, 0.05) is 11.1 Å². The molecule has 0 saturated carbocycles. The van der Waals surface area contributed by atoms with Crippen LogP contribution in [0, 0.1) is 21.0 Å². The zero-order chi connectivity index (χ0) is 15.9. The van der Waals surface area contributed by atoms with Crippen LogP contribution in [0.4, 0.5) is 11.5 Å². The molecule has 3 aromatic rings. The van der Waals surface area contributed by atoms with Gasteiger partial charge in [0.25, 0.3) is 0 Å². The molecule has 0 saturated heterocycles. The summed E-state index contributed by atoms with van der Waals surface area (Å²) in [5.41, 5.74) is 4.24. The van der Waals surface area contributed by atoms with Crippen LogP contribution in [0.1, 0.15) is 11.1 Å². The lowest BCUT2D eigenvalue weighted by molar-refractivity contribution is 0.468. The van der Waals surface area contributed by atoms with Crippen LogP contribution in [0.15, 0.2) is 30.6 Å². The number of aromatic nitrogens is 2. The molecule has 0 radical (unpaired) electrons. The van der Waals surface area contributed by atoms with E-state index in [-0.39, 0.29) is 0 Å². The second-order valence-corrected chi connectivity index (χ2v) is 7.41.